The summed E-state index contributed by atoms with van der Waals surface area (Å²) in [5.74, 6) is 1.06. The maximum absolute atomic E-state index is 10.9. The molecule has 1 N–H and O–H groups in total. The highest BCUT2D eigenvalue weighted by Gasteiger charge is 2.43. The Labute approximate surface area is 103 Å². The van der Waals surface area contributed by atoms with Crippen molar-refractivity contribution < 1.29 is 5.11 Å². The van der Waals surface area contributed by atoms with Crippen LogP contribution < -0.4 is 0 Å². The van der Waals surface area contributed by atoms with Gasteiger partial charge in [-0.25, -0.2) is 0 Å². The summed E-state index contributed by atoms with van der Waals surface area (Å²) < 4.78 is 0. The van der Waals surface area contributed by atoms with E-state index in [1.165, 1.54) is 11.3 Å². The van der Waals surface area contributed by atoms with Crippen LogP contribution >= 0.6 is 0 Å². The standard InChI is InChI=1S/C15H21NO/c1-11-6-8-15(17,9-7-11)13-5-4-12-3-2-10-16-14(12)13/h2-3,10-11,13,17H,4-9H2,1H3. The first-order valence-corrected chi connectivity index (χ1v) is 6.85. The minimum absolute atomic E-state index is 0.284. The van der Waals surface area contributed by atoms with Gasteiger partial charge in [0.25, 0.3) is 0 Å². The van der Waals surface area contributed by atoms with E-state index in [-0.39, 0.29) is 5.92 Å². The monoisotopic (exact) mass is 231 g/mol. The van der Waals surface area contributed by atoms with Gasteiger partial charge < -0.3 is 5.11 Å². The van der Waals surface area contributed by atoms with Gasteiger partial charge >= 0.3 is 0 Å². The quantitative estimate of drug-likeness (QED) is 0.806. The number of fused-ring (bicyclic) bond motifs is 1. The van der Waals surface area contributed by atoms with Crippen molar-refractivity contribution in [1.29, 1.82) is 0 Å². The number of aliphatic hydroxyl groups is 1. The van der Waals surface area contributed by atoms with Crippen molar-refractivity contribution in [3.8, 4) is 0 Å². The number of nitrogens with zero attached hydrogens (tertiary/aromatic N) is 1. The first-order chi connectivity index (χ1) is 8.19. The average molecular weight is 231 g/mol. The second kappa shape index (κ2) is 4.09. The van der Waals surface area contributed by atoms with E-state index in [1.54, 1.807) is 0 Å². The highest BCUT2D eigenvalue weighted by molar-refractivity contribution is 5.31. The maximum atomic E-state index is 10.9. The molecular weight excluding hydrogens is 210 g/mol. The Morgan fingerprint density at radius 2 is 2.06 bits per heavy atom. The predicted molar refractivity (Wildman–Crippen MR) is 67.9 cm³/mol. The zero-order chi connectivity index (χ0) is 11.9. The fraction of sp³-hybridized carbons (Fsp3) is 0.667. The molecular formula is C15H21NO. The molecule has 1 aromatic heterocycles. The van der Waals surface area contributed by atoms with Gasteiger partial charge in [0.05, 0.1) is 5.60 Å². The lowest BCUT2D eigenvalue weighted by Gasteiger charge is -2.39. The molecule has 0 aromatic carbocycles. The summed E-state index contributed by atoms with van der Waals surface area (Å²) in [5, 5.41) is 10.9. The molecule has 0 radical (unpaired) electrons. The first kappa shape index (κ1) is 11.2. The second-order valence-corrected chi connectivity index (χ2v) is 5.93. The second-order valence-electron chi connectivity index (χ2n) is 5.93. The summed E-state index contributed by atoms with van der Waals surface area (Å²) in [6, 6.07) is 4.17. The van der Waals surface area contributed by atoms with Crippen LogP contribution in [0.1, 0.15) is 56.2 Å². The van der Waals surface area contributed by atoms with Gasteiger partial charge in [-0.1, -0.05) is 13.0 Å². The lowest BCUT2D eigenvalue weighted by atomic mass is 9.71. The Kier molecular flexibility index (Phi) is 2.70. The molecule has 0 aliphatic heterocycles. The zero-order valence-corrected chi connectivity index (χ0v) is 10.5. The molecule has 3 rings (SSSR count). The van der Waals surface area contributed by atoms with Crippen LogP contribution in [0.2, 0.25) is 0 Å². The van der Waals surface area contributed by atoms with Crippen LogP contribution in [0, 0.1) is 5.92 Å². The van der Waals surface area contributed by atoms with E-state index in [0.29, 0.717) is 0 Å². The Morgan fingerprint density at radius 1 is 1.29 bits per heavy atom. The Morgan fingerprint density at radius 3 is 2.82 bits per heavy atom. The number of aryl methyl sites for hydroxylation is 1. The molecule has 1 heterocycles. The van der Waals surface area contributed by atoms with Gasteiger partial charge in [0, 0.05) is 17.8 Å². The van der Waals surface area contributed by atoms with Gasteiger partial charge in [-0.05, 0) is 56.1 Å². The van der Waals surface area contributed by atoms with Gasteiger partial charge in [-0.2, -0.15) is 0 Å². The van der Waals surface area contributed by atoms with Crippen molar-refractivity contribution in [3.05, 3.63) is 29.6 Å². The topological polar surface area (TPSA) is 33.1 Å². The van der Waals surface area contributed by atoms with Gasteiger partial charge in [0.2, 0.25) is 0 Å². The third-order valence-corrected chi connectivity index (χ3v) is 4.75. The molecule has 2 heteroatoms. The minimum atomic E-state index is -0.480. The molecule has 1 aromatic rings. The van der Waals surface area contributed by atoms with Gasteiger partial charge in [-0.3, -0.25) is 4.98 Å². The smallest absolute Gasteiger partial charge is 0.0731 e. The summed E-state index contributed by atoms with van der Waals surface area (Å²) in [6.45, 7) is 2.29. The summed E-state index contributed by atoms with van der Waals surface area (Å²) in [4.78, 5) is 4.52. The fourth-order valence-corrected chi connectivity index (χ4v) is 3.55. The molecule has 2 aliphatic carbocycles. The normalized spacial score (nSPS) is 36.8. The molecule has 2 aliphatic rings. The minimum Gasteiger partial charge on any atom is -0.389 e. The summed E-state index contributed by atoms with van der Waals surface area (Å²) in [6.07, 6.45) is 8.27. The van der Waals surface area contributed by atoms with E-state index in [9.17, 15) is 5.11 Å². The molecule has 92 valence electrons. The molecule has 0 spiro atoms. The van der Waals surface area contributed by atoms with Crippen molar-refractivity contribution in [2.24, 2.45) is 5.92 Å². The van der Waals surface area contributed by atoms with Crippen molar-refractivity contribution in [2.45, 2.75) is 57.0 Å². The van der Waals surface area contributed by atoms with Gasteiger partial charge in [0.15, 0.2) is 0 Å². The van der Waals surface area contributed by atoms with Crippen LogP contribution in [-0.4, -0.2) is 15.7 Å². The number of aromatic nitrogens is 1. The highest BCUT2D eigenvalue weighted by Crippen LogP contribution is 2.46. The molecule has 2 nitrogen and oxygen atoms in total. The maximum Gasteiger partial charge on any atom is 0.0731 e. The van der Waals surface area contributed by atoms with Crippen molar-refractivity contribution in [2.75, 3.05) is 0 Å². The summed E-state index contributed by atoms with van der Waals surface area (Å²) in [5.41, 5.74) is 2.04. The Hall–Kier alpha value is -0.890. The number of hydrogen-bond donors (Lipinski definition) is 1. The molecule has 1 fully saturated rings. The summed E-state index contributed by atoms with van der Waals surface area (Å²) in [7, 11) is 0. The van der Waals surface area contributed by atoms with E-state index in [2.05, 4.69) is 18.0 Å². The van der Waals surface area contributed by atoms with E-state index in [0.717, 1.165) is 44.4 Å². The van der Waals surface area contributed by atoms with E-state index in [4.69, 9.17) is 0 Å². The molecule has 0 bridgehead atoms. The van der Waals surface area contributed by atoms with Crippen LogP contribution in [0.15, 0.2) is 18.3 Å². The lowest BCUT2D eigenvalue weighted by molar-refractivity contribution is -0.0321. The van der Waals surface area contributed by atoms with Crippen LogP contribution in [0.3, 0.4) is 0 Å². The molecule has 1 unspecified atom stereocenters. The molecule has 0 saturated heterocycles. The third-order valence-electron chi connectivity index (χ3n) is 4.75. The Bertz CT molecular complexity index is 407. The van der Waals surface area contributed by atoms with E-state index in [1.807, 2.05) is 12.3 Å². The molecule has 17 heavy (non-hydrogen) atoms. The lowest BCUT2D eigenvalue weighted by Crippen LogP contribution is -2.39. The number of hydrogen-bond acceptors (Lipinski definition) is 2. The first-order valence-electron chi connectivity index (χ1n) is 6.85. The average Bonchev–Trinajstić information content (AvgIpc) is 2.78. The summed E-state index contributed by atoms with van der Waals surface area (Å²) >= 11 is 0. The Balaban J connectivity index is 1.86. The van der Waals surface area contributed by atoms with Crippen LogP contribution in [0.4, 0.5) is 0 Å². The molecule has 0 amide bonds. The fourth-order valence-electron chi connectivity index (χ4n) is 3.55. The van der Waals surface area contributed by atoms with E-state index >= 15 is 0 Å². The number of rotatable bonds is 1. The largest absolute Gasteiger partial charge is 0.389 e. The van der Waals surface area contributed by atoms with Crippen LogP contribution in [-0.2, 0) is 6.42 Å². The van der Waals surface area contributed by atoms with Crippen molar-refractivity contribution in [1.82, 2.24) is 4.98 Å². The van der Waals surface area contributed by atoms with Crippen LogP contribution in [0.25, 0.3) is 0 Å². The SMILES string of the molecule is CC1CCC(O)(C2CCc3cccnc32)CC1. The van der Waals surface area contributed by atoms with E-state index < -0.39 is 5.60 Å². The predicted octanol–water partition coefficient (Wildman–Crippen LogP) is 3.05. The highest BCUT2D eigenvalue weighted by atomic mass is 16.3. The van der Waals surface area contributed by atoms with Crippen molar-refractivity contribution in [3.63, 3.8) is 0 Å². The molecule has 1 atom stereocenters. The number of pyridine rings is 1. The zero-order valence-electron chi connectivity index (χ0n) is 10.5. The van der Waals surface area contributed by atoms with Gasteiger partial charge in [0.1, 0.15) is 0 Å². The van der Waals surface area contributed by atoms with Crippen molar-refractivity contribution >= 4 is 0 Å². The third kappa shape index (κ3) is 1.89. The molecule has 1 saturated carbocycles. The van der Waals surface area contributed by atoms with Gasteiger partial charge in [-0.15, -0.1) is 0 Å². The van der Waals surface area contributed by atoms with Crippen LogP contribution in [0.5, 0.6) is 0 Å².